The number of hydrogen-bond acceptors (Lipinski definition) is 4. The average molecular weight is 277 g/mol. The summed E-state index contributed by atoms with van der Waals surface area (Å²) >= 11 is 7.06. The Morgan fingerprint density at radius 2 is 2.22 bits per heavy atom. The van der Waals surface area contributed by atoms with Gasteiger partial charge in [-0.25, -0.2) is 4.98 Å². The Morgan fingerprint density at radius 3 is 3.00 bits per heavy atom. The predicted octanol–water partition coefficient (Wildman–Crippen LogP) is 3.47. The summed E-state index contributed by atoms with van der Waals surface area (Å²) in [7, 11) is 0. The third kappa shape index (κ3) is 1.69. The third-order valence-electron chi connectivity index (χ3n) is 3.44. The van der Waals surface area contributed by atoms with Crippen molar-refractivity contribution in [1.29, 1.82) is 0 Å². The molecule has 18 heavy (non-hydrogen) atoms. The fourth-order valence-electron chi connectivity index (χ4n) is 2.59. The maximum atomic E-state index is 6.29. The molecule has 2 aromatic heterocycles. The van der Waals surface area contributed by atoms with Crippen LogP contribution in [0.5, 0.6) is 0 Å². The van der Waals surface area contributed by atoms with Gasteiger partial charge in [0.1, 0.15) is 10.6 Å². The van der Waals surface area contributed by atoms with Gasteiger partial charge in [0.05, 0.1) is 5.39 Å². The molecule has 2 N–H and O–H groups in total. The zero-order chi connectivity index (χ0) is 12.7. The number of anilines is 1. The number of fused-ring (bicyclic) bond motifs is 3. The average Bonchev–Trinajstić information content (AvgIpc) is 2.72. The van der Waals surface area contributed by atoms with E-state index in [2.05, 4.69) is 11.6 Å². The van der Waals surface area contributed by atoms with Crippen LogP contribution in [0.25, 0.3) is 10.2 Å². The van der Waals surface area contributed by atoms with Gasteiger partial charge < -0.3 is 5.73 Å². The topological polar surface area (TPSA) is 43.8 Å². The van der Waals surface area contributed by atoms with Gasteiger partial charge in [-0.2, -0.15) is 0 Å². The molecule has 0 aliphatic heterocycles. The predicted molar refractivity (Wildman–Crippen MR) is 79.7 cm³/mol. The second-order valence-electron chi connectivity index (χ2n) is 4.57. The van der Waals surface area contributed by atoms with E-state index in [1.54, 1.807) is 17.4 Å². The lowest BCUT2D eigenvalue weighted by Gasteiger charge is -2.13. The summed E-state index contributed by atoms with van der Waals surface area (Å²) in [5, 5.41) is 1.13. The van der Waals surface area contributed by atoms with Crippen molar-refractivity contribution in [2.75, 3.05) is 5.73 Å². The Kier molecular flexibility index (Phi) is 2.95. The van der Waals surface area contributed by atoms with E-state index in [0.717, 1.165) is 28.9 Å². The Labute approximate surface area is 115 Å². The molecule has 0 saturated heterocycles. The third-order valence-corrected chi connectivity index (χ3v) is 4.94. The molecule has 1 aliphatic rings. The molecule has 0 atom stereocenters. The smallest absolute Gasteiger partial charge is 0.202 e. The first-order chi connectivity index (χ1) is 8.72. The molecule has 0 bridgehead atoms. The molecule has 0 unspecified atom stereocenters. The zero-order valence-electron chi connectivity index (χ0n) is 10.1. The van der Waals surface area contributed by atoms with Crippen LogP contribution in [-0.2, 0) is 19.4 Å². The lowest BCUT2D eigenvalue weighted by molar-refractivity contribution is 0.699. The molecule has 0 aromatic carbocycles. The normalized spacial score (nSPS) is 14.7. The number of allylic oxidation sites excluding steroid dienone is 1. The zero-order valence-corrected chi connectivity index (χ0v) is 11.7. The SMILES string of the molecule is C=CCn1c(N)c2c3c(sc2nc1=S)CCCC3. The molecule has 3 rings (SSSR count). The summed E-state index contributed by atoms with van der Waals surface area (Å²) < 4.78 is 2.42. The van der Waals surface area contributed by atoms with E-state index >= 15 is 0 Å². The van der Waals surface area contributed by atoms with Gasteiger partial charge in [0.2, 0.25) is 4.77 Å². The Morgan fingerprint density at radius 1 is 1.44 bits per heavy atom. The van der Waals surface area contributed by atoms with E-state index in [1.807, 2.05) is 4.57 Å². The number of rotatable bonds is 2. The van der Waals surface area contributed by atoms with Gasteiger partial charge >= 0.3 is 0 Å². The van der Waals surface area contributed by atoms with Crippen LogP contribution in [0, 0.1) is 4.77 Å². The largest absolute Gasteiger partial charge is 0.384 e. The number of thiophene rings is 1. The van der Waals surface area contributed by atoms with Gasteiger partial charge in [0.25, 0.3) is 0 Å². The molecule has 0 spiro atoms. The summed E-state index contributed by atoms with van der Waals surface area (Å²) in [6.07, 6.45) is 6.59. The van der Waals surface area contributed by atoms with Crippen LogP contribution in [-0.4, -0.2) is 9.55 Å². The van der Waals surface area contributed by atoms with Crippen molar-refractivity contribution < 1.29 is 0 Å². The molecule has 1 aliphatic carbocycles. The molecular weight excluding hydrogens is 262 g/mol. The van der Waals surface area contributed by atoms with Gasteiger partial charge in [-0.1, -0.05) is 6.08 Å². The van der Waals surface area contributed by atoms with Crippen LogP contribution >= 0.6 is 23.6 Å². The summed E-state index contributed by atoms with van der Waals surface area (Å²) in [5.74, 6) is 0.754. The van der Waals surface area contributed by atoms with Crippen LogP contribution in [0.3, 0.4) is 0 Å². The van der Waals surface area contributed by atoms with E-state index in [-0.39, 0.29) is 0 Å². The second kappa shape index (κ2) is 4.48. The number of nitrogens with two attached hydrogens (primary N) is 1. The van der Waals surface area contributed by atoms with Crippen LogP contribution in [0.15, 0.2) is 12.7 Å². The number of hydrogen-bond donors (Lipinski definition) is 1. The number of nitrogen functional groups attached to an aromatic ring is 1. The van der Waals surface area contributed by atoms with Crippen molar-refractivity contribution >= 4 is 39.6 Å². The number of aromatic nitrogens is 2. The fraction of sp³-hybridized carbons (Fsp3) is 0.385. The molecular formula is C13H15N3S2. The molecule has 0 saturated carbocycles. The number of nitrogens with zero attached hydrogens (tertiary/aromatic N) is 2. The maximum Gasteiger partial charge on any atom is 0.202 e. The van der Waals surface area contributed by atoms with Crippen LogP contribution < -0.4 is 5.73 Å². The first-order valence-electron chi connectivity index (χ1n) is 6.14. The molecule has 2 aromatic rings. The van der Waals surface area contributed by atoms with E-state index < -0.39 is 0 Å². The quantitative estimate of drug-likeness (QED) is 0.675. The van der Waals surface area contributed by atoms with Gasteiger partial charge in [-0.3, -0.25) is 4.57 Å². The minimum Gasteiger partial charge on any atom is -0.384 e. The molecule has 94 valence electrons. The van der Waals surface area contributed by atoms with Gasteiger partial charge in [0.15, 0.2) is 0 Å². The van der Waals surface area contributed by atoms with E-state index in [4.69, 9.17) is 18.0 Å². The summed E-state index contributed by atoms with van der Waals surface area (Å²) in [4.78, 5) is 6.98. The van der Waals surface area contributed by atoms with Gasteiger partial charge in [0, 0.05) is 11.4 Å². The Balaban J connectivity index is 2.35. The molecule has 0 fully saturated rings. The van der Waals surface area contributed by atoms with Crippen LogP contribution in [0.4, 0.5) is 5.82 Å². The van der Waals surface area contributed by atoms with Crippen molar-refractivity contribution in [3.8, 4) is 0 Å². The summed E-state index contributed by atoms with van der Waals surface area (Å²) in [5.41, 5.74) is 7.69. The second-order valence-corrected chi connectivity index (χ2v) is 6.02. The van der Waals surface area contributed by atoms with Crippen molar-refractivity contribution in [2.45, 2.75) is 32.2 Å². The highest BCUT2D eigenvalue weighted by atomic mass is 32.1. The van der Waals surface area contributed by atoms with Crippen molar-refractivity contribution in [2.24, 2.45) is 0 Å². The first-order valence-corrected chi connectivity index (χ1v) is 7.36. The summed E-state index contributed by atoms with van der Waals surface area (Å²) in [6.45, 7) is 4.37. The minimum absolute atomic E-state index is 0.554. The monoisotopic (exact) mass is 277 g/mol. The lowest BCUT2D eigenvalue weighted by Crippen LogP contribution is -2.09. The van der Waals surface area contributed by atoms with Crippen molar-refractivity contribution in [3.05, 3.63) is 27.9 Å². The molecule has 2 heterocycles. The number of aryl methyl sites for hydroxylation is 2. The standard InChI is InChI=1S/C13H15N3S2/c1-2-7-16-11(14)10-8-5-3-4-6-9(8)18-12(10)15-13(16)17/h2H,1,3-7,14H2. The highest BCUT2D eigenvalue weighted by Crippen LogP contribution is 2.38. The maximum absolute atomic E-state index is 6.29. The van der Waals surface area contributed by atoms with Crippen LogP contribution in [0.2, 0.25) is 0 Å². The summed E-state index contributed by atoms with van der Waals surface area (Å²) in [6, 6.07) is 0. The van der Waals surface area contributed by atoms with Crippen molar-refractivity contribution in [3.63, 3.8) is 0 Å². The Hall–Kier alpha value is -1.20. The van der Waals surface area contributed by atoms with E-state index in [1.165, 1.54) is 23.3 Å². The molecule has 0 amide bonds. The molecule has 0 radical (unpaired) electrons. The van der Waals surface area contributed by atoms with Crippen LogP contribution in [0.1, 0.15) is 23.3 Å². The highest BCUT2D eigenvalue weighted by Gasteiger charge is 2.20. The Bertz CT molecular complexity index is 682. The lowest BCUT2D eigenvalue weighted by atomic mass is 9.97. The van der Waals surface area contributed by atoms with Gasteiger partial charge in [-0.05, 0) is 43.5 Å². The first kappa shape index (κ1) is 11.9. The molecule has 3 nitrogen and oxygen atoms in total. The minimum atomic E-state index is 0.554. The highest BCUT2D eigenvalue weighted by molar-refractivity contribution is 7.71. The van der Waals surface area contributed by atoms with E-state index in [0.29, 0.717) is 11.3 Å². The van der Waals surface area contributed by atoms with E-state index in [9.17, 15) is 0 Å². The van der Waals surface area contributed by atoms with Gasteiger partial charge in [-0.15, -0.1) is 17.9 Å². The van der Waals surface area contributed by atoms with Crippen molar-refractivity contribution in [1.82, 2.24) is 9.55 Å². The molecule has 5 heteroatoms. The fourth-order valence-corrected chi connectivity index (χ4v) is 4.18.